The van der Waals surface area contributed by atoms with Crippen LogP contribution in [0.25, 0.3) is 0 Å². The number of nitrogens with two attached hydrogens (primary N) is 1. The molecule has 0 saturated heterocycles. The van der Waals surface area contributed by atoms with Crippen LogP contribution in [0.5, 0.6) is 0 Å². The largest absolute Gasteiger partial charge is 0.465 e. The molecule has 104 valence electrons. The molecule has 19 heavy (non-hydrogen) atoms. The number of esters is 1. The maximum absolute atomic E-state index is 11.7. The zero-order valence-corrected chi connectivity index (χ0v) is 11.5. The number of rotatable bonds is 5. The molecule has 0 heterocycles. The first-order valence-corrected chi connectivity index (χ1v) is 6.18. The van der Waals surface area contributed by atoms with Crippen molar-refractivity contribution in [1.29, 1.82) is 0 Å². The van der Waals surface area contributed by atoms with Crippen molar-refractivity contribution in [3.05, 3.63) is 29.3 Å². The fourth-order valence-corrected chi connectivity index (χ4v) is 1.57. The smallest absolute Gasteiger partial charge is 0.337 e. The van der Waals surface area contributed by atoms with Gasteiger partial charge in [0.2, 0.25) is 5.91 Å². The minimum atomic E-state index is -0.425. The third-order valence-electron chi connectivity index (χ3n) is 2.76. The van der Waals surface area contributed by atoms with Gasteiger partial charge < -0.3 is 15.8 Å². The van der Waals surface area contributed by atoms with Crippen LogP contribution in [0.3, 0.4) is 0 Å². The molecule has 1 atom stereocenters. The van der Waals surface area contributed by atoms with Gasteiger partial charge in [0.05, 0.1) is 12.7 Å². The van der Waals surface area contributed by atoms with E-state index in [4.69, 9.17) is 5.73 Å². The molecule has 3 N–H and O–H groups in total. The Kier molecular flexibility index (Phi) is 5.51. The lowest BCUT2D eigenvalue weighted by Gasteiger charge is -2.10. The van der Waals surface area contributed by atoms with Crippen molar-refractivity contribution in [2.24, 2.45) is 5.73 Å². The van der Waals surface area contributed by atoms with Crippen molar-refractivity contribution in [3.8, 4) is 0 Å². The molecule has 0 fully saturated rings. The SMILES string of the molecule is COC(=O)c1ccc(C)c(NC(=O)CCC(C)N)c1. The predicted molar refractivity (Wildman–Crippen MR) is 74.0 cm³/mol. The van der Waals surface area contributed by atoms with E-state index in [-0.39, 0.29) is 11.9 Å². The number of methoxy groups -OCH3 is 1. The molecule has 1 amide bonds. The number of amides is 1. The molecule has 1 aromatic rings. The fraction of sp³-hybridized carbons (Fsp3) is 0.429. The zero-order chi connectivity index (χ0) is 14.4. The summed E-state index contributed by atoms with van der Waals surface area (Å²) in [5, 5.41) is 2.78. The number of aryl methyl sites for hydroxylation is 1. The molecule has 0 aromatic heterocycles. The molecule has 5 heteroatoms. The van der Waals surface area contributed by atoms with E-state index in [0.717, 1.165) is 5.56 Å². The Balaban J connectivity index is 2.77. The lowest BCUT2D eigenvalue weighted by Crippen LogP contribution is -2.20. The molecule has 0 bridgehead atoms. The Morgan fingerprint density at radius 2 is 2.11 bits per heavy atom. The van der Waals surface area contributed by atoms with Crippen molar-refractivity contribution in [1.82, 2.24) is 0 Å². The third kappa shape index (κ3) is 4.71. The number of carbonyl (C=O) groups excluding carboxylic acids is 2. The van der Waals surface area contributed by atoms with Gasteiger partial charge >= 0.3 is 5.97 Å². The van der Waals surface area contributed by atoms with E-state index in [9.17, 15) is 9.59 Å². The van der Waals surface area contributed by atoms with Gasteiger partial charge in [-0.05, 0) is 38.0 Å². The molecule has 0 aliphatic carbocycles. The van der Waals surface area contributed by atoms with E-state index in [1.807, 2.05) is 13.8 Å². The van der Waals surface area contributed by atoms with E-state index in [1.165, 1.54) is 7.11 Å². The molecule has 0 aliphatic rings. The van der Waals surface area contributed by atoms with E-state index >= 15 is 0 Å². The molecule has 0 radical (unpaired) electrons. The van der Waals surface area contributed by atoms with Gasteiger partial charge in [-0.15, -0.1) is 0 Å². The number of ether oxygens (including phenoxy) is 1. The molecule has 1 aromatic carbocycles. The highest BCUT2D eigenvalue weighted by atomic mass is 16.5. The van der Waals surface area contributed by atoms with Crippen LogP contribution in [-0.2, 0) is 9.53 Å². The molecule has 1 unspecified atom stereocenters. The summed E-state index contributed by atoms with van der Waals surface area (Å²) < 4.78 is 4.65. The second kappa shape index (κ2) is 6.89. The minimum Gasteiger partial charge on any atom is -0.465 e. The maximum atomic E-state index is 11.7. The van der Waals surface area contributed by atoms with Crippen molar-refractivity contribution in [2.75, 3.05) is 12.4 Å². The van der Waals surface area contributed by atoms with Gasteiger partial charge in [-0.25, -0.2) is 4.79 Å². The quantitative estimate of drug-likeness (QED) is 0.795. The predicted octanol–water partition coefficient (Wildman–Crippen LogP) is 1.85. The maximum Gasteiger partial charge on any atom is 0.337 e. The van der Waals surface area contributed by atoms with Crippen LogP contribution >= 0.6 is 0 Å². The summed E-state index contributed by atoms with van der Waals surface area (Å²) in [5.74, 6) is -0.534. The van der Waals surface area contributed by atoms with E-state index in [2.05, 4.69) is 10.1 Å². The lowest BCUT2D eigenvalue weighted by molar-refractivity contribution is -0.116. The summed E-state index contributed by atoms with van der Waals surface area (Å²) in [6.07, 6.45) is 0.987. The molecule has 0 aliphatic heterocycles. The van der Waals surface area contributed by atoms with Crippen molar-refractivity contribution in [3.63, 3.8) is 0 Å². The Morgan fingerprint density at radius 1 is 1.42 bits per heavy atom. The monoisotopic (exact) mass is 264 g/mol. The standard InChI is InChI=1S/C14H20N2O3/c1-9-4-6-11(14(18)19-3)8-12(9)16-13(17)7-5-10(2)15/h4,6,8,10H,5,7,15H2,1-3H3,(H,16,17). The molecular formula is C14H20N2O3. The molecule has 1 rings (SSSR count). The van der Waals surface area contributed by atoms with Crippen molar-refractivity contribution >= 4 is 17.6 Å². The normalized spacial score (nSPS) is 11.8. The number of carbonyl (C=O) groups is 2. The van der Waals surface area contributed by atoms with Gasteiger partial charge in [0.15, 0.2) is 0 Å². The van der Waals surface area contributed by atoms with Crippen LogP contribution in [0.15, 0.2) is 18.2 Å². The highest BCUT2D eigenvalue weighted by Crippen LogP contribution is 2.18. The number of nitrogens with one attached hydrogen (secondary N) is 1. The summed E-state index contributed by atoms with van der Waals surface area (Å²) in [5.41, 5.74) is 7.53. The first kappa shape index (κ1) is 15.2. The number of hydrogen-bond donors (Lipinski definition) is 2. The summed E-state index contributed by atoms with van der Waals surface area (Å²) in [6.45, 7) is 3.72. The second-order valence-corrected chi connectivity index (χ2v) is 4.59. The summed E-state index contributed by atoms with van der Waals surface area (Å²) >= 11 is 0. The van der Waals surface area contributed by atoms with E-state index < -0.39 is 5.97 Å². The van der Waals surface area contributed by atoms with Gasteiger partial charge in [-0.3, -0.25) is 4.79 Å². The molecule has 5 nitrogen and oxygen atoms in total. The van der Waals surface area contributed by atoms with Crippen molar-refractivity contribution < 1.29 is 14.3 Å². The summed E-state index contributed by atoms with van der Waals surface area (Å²) in [7, 11) is 1.32. The van der Waals surface area contributed by atoms with Gasteiger partial charge in [0.25, 0.3) is 0 Å². The third-order valence-corrected chi connectivity index (χ3v) is 2.76. The number of hydrogen-bond acceptors (Lipinski definition) is 4. The Morgan fingerprint density at radius 3 is 2.68 bits per heavy atom. The van der Waals surface area contributed by atoms with Gasteiger partial charge in [0, 0.05) is 18.2 Å². The zero-order valence-electron chi connectivity index (χ0n) is 11.5. The Hall–Kier alpha value is -1.88. The van der Waals surface area contributed by atoms with Gasteiger partial charge in [0.1, 0.15) is 0 Å². The summed E-state index contributed by atoms with van der Waals surface area (Å²) in [4.78, 5) is 23.2. The first-order valence-electron chi connectivity index (χ1n) is 6.18. The van der Waals surface area contributed by atoms with Crippen LogP contribution in [0.1, 0.15) is 35.7 Å². The topological polar surface area (TPSA) is 81.4 Å². The highest BCUT2D eigenvalue weighted by Gasteiger charge is 2.10. The summed E-state index contributed by atoms with van der Waals surface area (Å²) in [6, 6.07) is 5.05. The number of anilines is 1. The average Bonchev–Trinajstić information content (AvgIpc) is 2.38. The number of benzene rings is 1. The molecule has 0 saturated carbocycles. The lowest BCUT2D eigenvalue weighted by atomic mass is 10.1. The van der Waals surface area contributed by atoms with E-state index in [1.54, 1.807) is 18.2 Å². The fourth-order valence-electron chi connectivity index (χ4n) is 1.57. The van der Waals surface area contributed by atoms with Crippen LogP contribution in [0.4, 0.5) is 5.69 Å². The van der Waals surface area contributed by atoms with Crippen LogP contribution in [-0.4, -0.2) is 25.0 Å². The first-order chi connectivity index (χ1) is 8.93. The van der Waals surface area contributed by atoms with Crippen LogP contribution < -0.4 is 11.1 Å². The second-order valence-electron chi connectivity index (χ2n) is 4.59. The van der Waals surface area contributed by atoms with Crippen LogP contribution in [0, 0.1) is 6.92 Å². The van der Waals surface area contributed by atoms with E-state index in [0.29, 0.717) is 24.1 Å². The minimum absolute atomic E-state index is 0.00625. The Labute approximate surface area is 113 Å². The Bertz CT molecular complexity index is 470. The van der Waals surface area contributed by atoms with Crippen molar-refractivity contribution in [2.45, 2.75) is 32.7 Å². The van der Waals surface area contributed by atoms with Gasteiger partial charge in [-0.1, -0.05) is 6.07 Å². The molecule has 0 spiro atoms. The van der Waals surface area contributed by atoms with Crippen LogP contribution in [0.2, 0.25) is 0 Å². The molecular weight excluding hydrogens is 244 g/mol. The highest BCUT2D eigenvalue weighted by molar-refractivity contribution is 5.95. The average molecular weight is 264 g/mol. The van der Waals surface area contributed by atoms with Gasteiger partial charge in [-0.2, -0.15) is 0 Å².